The highest BCUT2D eigenvalue weighted by atomic mass is 31.2. The van der Waals surface area contributed by atoms with Crippen molar-refractivity contribution in [3.05, 3.63) is 29.9 Å². The van der Waals surface area contributed by atoms with Gasteiger partial charge in [-0.05, 0) is 12.1 Å². The standard InChI is InChI=1S/C7H12N2O6P2/c8-6-3-1-2-4-9(6)5-7(16(10,11)12)17(13,14)15/h1-4,7-8H,5H2,(H2,10,11,12)(H2,13,14,15). The summed E-state index contributed by atoms with van der Waals surface area (Å²) in [6.45, 7) is -0.617. The van der Waals surface area contributed by atoms with E-state index in [-0.39, 0.29) is 5.49 Å². The molecule has 0 bridgehead atoms. The lowest BCUT2D eigenvalue weighted by atomic mass is 10.4. The first kappa shape index (κ1) is 14.3. The van der Waals surface area contributed by atoms with Gasteiger partial charge in [-0.25, -0.2) is 0 Å². The van der Waals surface area contributed by atoms with Gasteiger partial charge in [0.15, 0.2) is 5.40 Å². The van der Waals surface area contributed by atoms with E-state index in [4.69, 9.17) is 25.0 Å². The fraction of sp³-hybridized carbons (Fsp3) is 0.286. The second kappa shape index (κ2) is 4.86. The molecule has 0 spiro atoms. The molecule has 0 amide bonds. The molecule has 10 heteroatoms. The maximum atomic E-state index is 11.0. The summed E-state index contributed by atoms with van der Waals surface area (Å²) in [4.78, 5) is 35.6. The molecule has 1 aromatic heterocycles. The monoisotopic (exact) mass is 282 g/mol. The Hall–Kier alpha value is -0.750. The van der Waals surface area contributed by atoms with E-state index in [1.165, 1.54) is 24.4 Å². The molecule has 0 aromatic carbocycles. The summed E-state index contributed by atoms with van der Waals surface area (Å²) in [6.07, 6.45) is 1.32. The van der Waals surface area contributed by atoms with Crippen LogP contribution in [-0.2, 0) is 15.7 Å². The maximum absolute atomic E-state index is 11.0. The van der Waals surface area contributed by atoms with E-state index >= 15 is 0 Å². The molecule has 5 N–H and O–H groups in total. The number of nitrogens with one attached hydrogen (secondary N) is 1. The third-order valence-electron chi connectivity index (χ3n) is 2.08. The van der Waals surface area contributed by atoms with Gasteiger partial charge in [0, 0.05) is 12.7 Å². The summed E-state index contributed by atoms with van der Waals surface area (Å²) in [5.41, 5.74) is -0.0978. The minimum atomic E-state index is -4.95. The van der Waals surface area contributed by atoms with Crippen LogP contribution in [0.3, 0.4) is 0 Å². The molecule has 0 aliphatic heterocycles. The van der Waals surface area contributed by atoms with Crippen molar-refractivity contribution in [2.45, 2.75) is 11.9 Å². The lowest BCUT2D eigenvalue weighted by molar-refractivity contribution is 0.331. The normalized spacial score (nSPS) is 13.0. The van der Waals surface area contributed by atoms with Crippen molar-refractivity contribution in [3.8, 4) is 0 Å². The molecule has 0 aliphatic carbocycles. The Morgan fingerprint density at radius 1 is 1.18 bits per heavy atom. The van der Waals surface area contributed by atoms with Gasteiger partial charge in [-0.3, -0.25) is 14.5 Å². The Bertz CT molecular complexity index is 521. The SMILES string of the molecule is N=c1ccccn1CC(P(=O)(O)O)P(=O)(O)O. The molecular weight excluding hydrogens is 270 g/mol. The molecule has 17 heavy (non-hydrogen) atoms. The molecule has 96 valence electrons. The summed E-state index contributed by atoms with van der Waals surface area (Å²) < 4.78 is 23.1. The average molecular weight is 282 g/mol. The van der Waals surface area contributed by atoms with E-state index < -0.39 is 27.1 Å². The smallest absolute Gasteiger partial charge is 0.332 e. The van der Waals surface area contributed by atoms with Gasteiger partial charge in [-0.15, -0.1) is 0 Å². The zero-order valence-corrected chi connectivity index (χ0v) is 10.3. The molecule has 0 unspecified atom stereocenters. The summed E-state index contributed by atoms with van der Waals surface area (Å²) in [5, 5.41) is 5.30. The molecule has 0 saturated heterocycles. The van der Waals surface area contributed by atoms with Crippen LogP contribution in [-0.4, -0.2) is 29.5 Å². The zero-order valence-electron chi connectivity index (χ0n) is 8.54. The molecular formula is C7H12N2O6P2. The van der Waals surface area contributed by atoms with Crippen LogP contribution in [0.25, 0.3) is 0 Å². The van der Waals surface area contributed by atoms with Crippen molar-refractivity contribution < 1.29 is 28.7 Å². The van der Waals surface area contributed by atoms with E-state index in [0.29, 0.717) is 0 Å². The van der Waals surface area contributed by atoms with Crippen molar-refractivity contribution in [2.24, 2.45) is 0 Å². The van der Waals surface area contributed by atoms with Crippen molar-refractivity contribution in [1.29, 1.82) is 5.41 Å². The van der Waals surface area contributed by atoms with Crippen LogP contribution in [0.4, 0.5) is 0 Å². The predicted molar refractivity (Wildman–Crippen MR) is 58.2 cm³/mol. The fourth-order valence-corrected chi connectivity index (χ4v) is 3.57. The second-order valence-electron chi connectivity index (χ2n) is 3.40. The summed E-state index contributed by atoms with van der Waals surface area (Å²) in [6, 6.07) is 4.37. The van der Waals surface area contributed by atoms with Gasteiger partial charge in [0.05, 0.1) is 0 Å². The lowest BCUT2D eigenvalue weighted by Gasteiger charge is -2.20. The van der Waals surface area contributed by atoms with Crippen LogP contribution in [0.2, 0.25) is 0 Å². The molecule has 1 heterocycles. The molecule has 0 fully saturated rings. The fourth-order valence-electron chi connectivity index (χ4n) is 1.22. The number of nitrogens with zero attached hydrogens (tertiary/aromatic N) is 1. The minimum absolute atomic E-state index is 0.0978. The number of hydrogen-bond acceptors (Lipinski definition) is 3. The van der Waals surface area contributed by atoms with Crippen LogP contribution < -0.4 is 5.49 Å². The maximum Gasteiger partial charge on any atom is 0.342 e. The molecule has 1 rings (SSSR count). The molecule has 0 aliphatic rings. The number of hydrogen-bond donors (Lipinski definition) is 5. The van der Waals surface area contributed by atoms with Gasteiger partial charge in [-0.2, -0.15) is 0 Å². The zero-order chi connectivity index (χ0) is 13.3. The van der Waals surface area contributed by atoms with Crippen molar-refractivity contribution >= 4 is 15.2 Å². The number of rotatable bonds is 4. The summed E-state index contributed by atoms with van der Waals surface area (Å²) in [7, 11) is -9.90. The van der Waals surface area contributed by atoms with Crippen molar-refractivity contribution in [3.63, 3.8) is 0 Å². The molecule has 0 atom stereocenters. The Balaban J connectivity index is 3.14. The summed E-state index contributed by atoms with van der Waals surface area (Å²) in [5.74, 6) is 0. The Labute approximate surface area is 96.4 Å². The molecule has 8 nitrogen and oxygen atoms in total. The van der Waals surface area contributed by atoms with Gasteiger partial charge in [-0.1, -0.05) is 6.07 Å². The first-order valence-electron chi connectivity index (χ1n) is 4.43. The largest absolute Gasteiger partial charge is 0.342 e. The van der Waals surface area contributed by atoms with Gasteiger partial charge in [0.1, 0.15) is 5.49 Å². The van der Waals surface area contributed by atoms with Crippen LogP contribution in [0.15, 0.2) is 24.4 Å². The second-order valence-corrected chi connectivity index (χ2v) is 7.41. The number of pyridine rings is 1. The molecule has 0 radical (unpaired) electrons. The van der Waals surface area contributed by atoms with Crippen molar-refractivity contribution in [2.75, 3.05) is 0 Å². The molecule has 0 saturated carbocycles. The Morgan fingerprint density at radius 3 is 2.12 bits per heavy atom. The predicted octanol–water partition coefficient (Wildman–Crippen LogP) is -0.351. The quantitative estimate of drug-likeness (QED) is 0.477. The summed E-state index contributed by atoms with van der Waals surface area (Å²) >= 11 is 0. The Morgan fingerprint density at radius 2 is 1.71 bits per heavy atom. The van der Waals surface area contributed by atoms with Crippen LogP contribution in [0.1, 0.15) is 0 Å². The Kier molecular flexibility index (Phi) is 4.09. The van der Waals surface area contributed by atoms with E-state index in [9.17, 15) is 9.13 Å². The minimum Gasteiger partial charge on any atom is -0.332 e. The first-order valence-corrected chi connectivity index (χ1v) is 7.79. The van der Waals surface area contributed by atoms with Gasteiger partial charge in [0.25, 0.3) is 0 Å². The van der Waals surface area contributed by atoms with Crippen LogP contribution >= 0.6 is 15.2 Å². The van der Waals surface area contributed by atoms with Crippen molar-refractivity contribution in [1.82, 2.24) is 4.57 Å². The third kappa shape index (κ3) is 3.89. The topological polar surface area (TPSA) is 144 Å². The highest BCUT2D eigenvalue weighted by Crippen LogP contribution is 2.60. The third-order valence-corrected chi connectivity index (χ3v) is 5.76. The van der Waals surface area contributed by atoms with Gasteiger partial charge in [0.2, 0.25) is 0 Å². The lowest BCUT2D eigenvalue weighted by Crippen LogP contribution is -2.25. The van der Waals surface area contributed by atoms with E-state index in [1.807, 2.05) is 0 Å². The van der Waals surface area contributed by atoms with E-state index in [2.05, 4.69) is 0 Å². The first-order chi connectivity index (χ1) is 7.62. The average Bonchev–Trinajstić information content (AvgIpc) is 2.12. The van der Waals surface area contributed by atoms with Crippen LogP contribution in [0.5, 0.6) is 0 Å². The van der Waals surface area contributed by atoms with Crippen LogP contribution in [0, 0.1) is 5.41 Å². The number of aromatic nitrogens is 1. The highest BCUT2D eigenvalue weighted by Gasteiger charge is 2.43. The van der Waals surface area contributed by atoms with E-state index in [0.717, 1.165) is 4.57 Å². The van der Waals surface area contributed by atoms with Gasteiger partial charge >= 0.3 is 15.2 Å². The van der Waals surface area contributed by atoms with Gasteiger partial charge < -0.3 is 24.1 Å². The van der Waals surface area contributed by atoms with E-state index in [1.54, 1.807) is 0 Å². The molecule has 1 aromatic rings. The highest BCUT2D eigenvalue weighted by molar-refractivity contribution is 7.70.